The molecule has 1 fully saturated rings. The molecule has 5 heteroatoms. The van der Waals surface area contributed by atoms with E-state index in [1.165, 1.54) is 0 Å². The van der Waals surface area contributed by atoms with Crippen molar-refractivity contribution in [3.8, 4) is 11.3 Å². The van der Waals surface area contributed by atoms with Crippen molar-refractivity contribution < 1.29 is 4.42 Å². The first-order chi connectivity index (χ1) is 14.3. The standard InChI is InChI=1S/C24H19N3OS/c29-24-26-22(19-13-7-8-16-25-19)23(27(24)18-11-5-2-6-12-18)21-15-14-20(28-21)17-9-3-1-4-10-17/h1-16,22-23H,(H,26,29)/t22-,23+/m0/s1. The molecule has 2 aromatic heterocycles. The van der Waals surface area contributed by atoms with Gasteiger partial charge in [-0.2, -0.15) is 0 Å². The van der Waals surface area contributed by atoms with Gasteiger partial charge in [0.2, 0.25) is 0 Å². The summed E-state index contributed by atoms with van der Waals surface area (Å²) in [5, 5.41) is 4.11. The first-order valence-corrected chi connectivity index (χ1v) is 9.93. The molecule has 0 unspecified atom stereocenters. The third kappa shape index (κ3) is 3.30. The topological polar surface area (TPSA) is 41.3 Å². The van der Waals surface area contributed by atoms with E-state index in [1.807, 2.05) is 78.9 Å². The van der Waals surface area contributed by atoms with Crippen LogP contribution < -0.4 is 10.2 Å². The van der Waals surface area contributed by atoms with Gasteiger partial charge in [0.05, 0.1) is 11.7 Å². The van der Waals surface area contributed by atoms with Gasteiger partial charge in [0.25, 0.3) is 0 Å². The van der Waals surface area contributed by atoms with Crippen molar-refractivity contribution >= 4 is 23.0 Å². The van der Waals surface area contributed by atoms with E-state index in [-0.39, 0.29) is 12.1 Å². The van der Waals surface area contributed by atoms with E-state index in [9.17, 15) is 0 Å². The largest absolute Gasteiger partial charge is 0.459 e. The van der Waals surface area contributed by atoms with Crippen molar-refractivity contribution in [1.82, 2.24) is 10.3 Å². The fourth-order valence-electron chi connectivity index (χ4n) is 3.78. The number of benzene rings is 2. The number of nitrogens with one attached hydrogen (secondary N) is 1. The Labute approximate surface area is 174 Å². The number of furan rings is 1. The van der Waals surface area contributed by atoms with Crippen LogP contribution >= 0.6 is 12.2 Å². The van der Waals surface area contributed by atoms with Crippen LogP contribution in [0.2, 0.25) is 0 Å². The molecule has 1 aliphatic rings. The van der Waals surface area contributed by atoms with E-state index in [0.717, 1.165) is 28.5 Å². The molecular weight excluding hydrogens is 378 g/mol. The zero-order chi connectivity index (χ0) is 19.6. The minimum absolute atomic E-state index is 0.112. The highest BCUT2D eigenvalue weighted by Gasteiger charge is 2.42. The molecule has 0 amide bonds. The molecule has 2 atom stereocenters. The van der Waals surface area contributed by atoms with Crippen LogP contribution in [0.5, 0.6) is 0 Å². The van der Waals surface area contributed by atoms with Crippen molar-refractivity contribution in [2.45, 2.75) is 12.1 Å². The lowest BCUT2D eigenvalue weighted by Gasteiger charge is -2.26. The second-order valence-electron chi connectivity index (χ2n) is 6.90. The van der Waals surface area contributed by atoms with E-state index >= 15 is 0 Å². The molecule has 3 heterocycles. The summed E-state index contributed by atoms with van der Waals surface area (Å²) in [6.07, 6.45) is 1.81. The second kappa shape index (κ2) is 7.53. The SMILES string of the molecule is S=C1N[C@@H](c2ccccn2)[C@@H](c2ccc(-c3ccccc3)o2)N1c1ccccc1. The number of thiocarbonyl (C=S) groups is 1. The predicted molar refractivity (Wildman–Crippen MR) is 119 cm³/mol. The van der Waals surface area contributed by atoms with Crippen LogP contribution in [0.3, 0.4) is 0 Å². The molecule has 1 N–H and O–H groups in total. The van der Waals surface area contributed by atoms with Crippen molar-refractivity contribution in [3.05, 3.63) is 109 Å². The third-order valence-corrected chi connectivity index (χ3v) is 5.42. The van der Waals surface area contributed by atoms with Crippen molar-refractivity contribution in [2.75, 3.05) is 4.90 Å². The predicted octanol–water partition coefficient (Wildman–Crippen LogP) is 5.52. The molecule has 1 saturated heterocycles. The van der Waals surface area contributed by atoms with Gasteiger partial charge in [-0.05, 0) is 48.6 Å². The van der Waals surface area contributed by atoms with E-state index < -0.39 is 0 Å². The summed E-state index contributed by atoms with van der Waals surface area (Å²) in [5.74, 6) is 1.68. The lowest BCUT2D eigenvalue weighted by atomic mass is 10.0. The quantitative estimate of drug-likeness (QED) is 0.459. The smallest absolute Gasteiger partial charge is 0.174 e. The molecule has 142 valence electrons. The summed E-state index contributed by atoms with van der Waals surface area (Å²) >= 11 is 5.72. The number of rotatable bonds is 4. The Morgan fingerprint density at radius 3 is 2.28 bits per heavy atom. The first kappa shape index (κ1) is 17.6. The average molecular weight is 398 g/mol. The summed E-state index contributed by atoms with van der Waals surface area (Å²) in [7, 11) is 0. The van der Waals surface area contributed by atoms with Crippen molar-refractivity contribution in [1.29, 1.82) is 0 Å². The molecule has 4 aromatic rings. The Balaban J connectivity index is 1.60. The number of hydrogen-bond donors (Lipinski definition) is 1. The molecular formula is C24H19N3OS. The summed E-state index contributed by atoms with van der Waals surface area (Å²) < 4.78 is 6.34. The lowest BCUT2D eigenvalue weighted by Crippen LogP contribution is -2.29. The number of hydrogen-bond acceptors (Lipinski definition) is 3. The lowest BCUT2D eigenvalue weighted by molar-refractivity contribution is 0.439. The van der Waals surface area contributed by atoms with Gasteiger partial charge in [-0.1, -0.05) is 54.6 Å². The van der Waals surface area contributed by atoms with Gasteiger partial charge in [-0.15, -0.1) is 0 Å². The molecule has 0 spiro atoms. The highest BCUT2D eigenvalue weighted by Crippen LogP contribution is 2.42. The molecule has 0 radical (unpaired) electrons. The molecule has 2 aromatic carbocycles. The number of anilines is 1. The minimum Gasteiger partial charge on any atom is -0.459 e. The van der Waals surface area contributed by atoms with Crippen molar-refractivity contribution in [2.24, 2.45) is 0 Å². The number of pyridine rings is 1. The van der Waals surface area contributed by atoms with Crippen LogP contribution in [0.4, 0.5) is 5.69 Å². The first-order valence-electron chi connectivity index (χ1n) is 9.52. The molecule has 0 bridgehead atoms. The number of para-hydroxylation sites is 1. The van der Waals surface area contributed by atoms with E-state index in [4.69, 9.17) is 16.6 Å². The fourth-order valence-corrected chi connectivity index (χ4v) is 4.13. The zero-order valence-corrected chi connectivity index (χ0v) is 16.4. The third-order valence-electron chi connectivity index (χ3n) is 5.11. The maximum absolute atomic E-state index is 6.34. The summed E-state index contributed by atoms with van der Waals surface area (Å²) in [6, 6.07) is 30.0. The van der Waals surface area contributed by atoms with E-state index in [0.29, 0.717) is 5.11 Å². The number of aromatic nitrogens is 1. The van der Waals surface area contributed by atoms with Gasteiger partial charge >= 0.3 is 0 Å². The highest BCUT2D eigenvalue weighted by atomic mass is 32.1. The Morgan fingerprint density at radius 1 is 0.828 bits per heavy atom. The van der Waals surface area contributed by atoms with E-state index in [2.05, 4.69) is 27.3 Å². The maximum Gasteiger partial charge on any atom is 0.174 e. The van der Waals surface area contributed by atoms with Gasteiger partial charge in [-0.25, -0.2) is 0 Å². The monoisotopic (exact) mass is 397 g/mol. The molecule has 4 nitrogen and oxygen atoms in total. The van der Waals surface area contributed by atoms with E-state index in [1.54, 1.807) is 6.20 Å². The van der Waals surface area contributed by atoms with Crippen LogP contribution in [0, 0.1) is 0 Å². The van der Waals surface area contributed by atoms with Gasteiger partial charge in [0.15, 0.2) is 5.11 Å². The summed E-state index contributed by atoms with van der Waals surface area (Å²) in [6.45, 7) is 0. The van der Waals surface area contributed by atoms with Gasteiger partial charge in [0, 0.05) is 17.4 Å². The van der Waals surface area contributed by atoms with Gasteiger partial charge in [0.1, 0.15) is 17.6 Å². The molecule has 0 saturated carbocycles. The Bertz CT molecular complexity index is 1110. The normalized spacial score (nSPS) is 18.6. The minimum atomic E-state index is -0.141. The summed E-state index contributed by atoms with van der Waals surface area (Å²) in [5.41, 5.74) is 3.00. The van der Waals surface area contributed by atoms with Gasteiger partial charge in [-0.3, -0.25) is 4.98 Å². The average Bonchev–Trinajstić information content (AvgIpc) is 3.40. The second-order valence-corrected chi connectivity index (χ2v) is 7.29. The maximum atomic E-state index is 6.34. The Kier molecular flexibility index (Phi) is 4.58. The fraction of sp³-hybridized carbons (Fsp3) is 0.0833. The molecule has 5 rings (SSSR count). The molecule has 29 heavy (non-hydrogen) atoms. The van der Waals surface area contributed by atoms with Crippen LogP contribution in [0.25, 0.3) is 11.3 Å². The van der Waals surface area contributed by atoms with Gasteiger partial charge < -0.3 is 14.6 Å². The molecule has 1 aliphatic heterocycles. The molecule has 0 aliphatic carbocycles. The highest BCUT2D eigenvalue weighted by molar-refractivity contribution is 7.80. The van der Waals surface area contributed by atoms with Crippen LogP contribution in [0.15, 0.2) is 102 Å². The summed E-state index contributed by atoms with van der Waals surface area (Å²) in [4.78, 5) is 6.69. The van der Waals surface area contributed by atoms with Crippen LogP contribution in [-0.2, 0) is 0 Å². The van der Waals surface area contributed by atoms with Crippen LogP contribution in [-0.4, -0.2) is 10.1 Å². The van der Waals surface area contributed by atoms with Crippen LogP contribution in [0.1, 0.15) is 23.5 Å². The number of nitrogens with zero attached hydrogens (tertiary/aromatic N) is 2. The van der Waals surface area contributed by atoms with Crippen molar-refractivity contribution in [3.63, 3.8) is 0 Å². The Morgan fingerprint density at radius 2 is 1.55 bits per heavy atom. The zero-order valence-electron chi connectivity index (χ0n) is 15.6. The Hall–Kier alpha value is -3.44.